The molecule has 0 bridgehead atoms. The molecule has 5 nitrogen and oxygen atoms in total. The normalized spacial score (nSPS) is 11.7. The van der Waals surface area contributed by atoms with Crippen molar-refractivity contribution < 1.29 is 14.3 Å². The van der Waals surface area contributed by atoms with Gasteiger partial charge in [-0.15, -0.1) is 0 Å². The summed E-state index contributed by atoms with van der Waals surface area (Å²) in [5, 5.41) is 4.11. The van der Waals surface area contributed by atoms with Crippen molar-refractivity contribution in [2.75, 3.05) is 7.11 Å². The first kappa shape index (κ1) is 13.9. The van der Waals surface area contributed by atoms with Crippen LogP contribution in [-0.2, 0) is 9.53 Å². The number of hydrogen-bond acceptors (Lipinski definition) is 4. The smallest absolute Gasteiger partial charge is 0.303 e. The van der Waals surface area contributed by atoms with Crippen LogP contribution < -0.4 is 4.74 Å². The minimum absolute atomic E-state index is 0.383. The van der Waals surface area contributed by atoms with Gasteiger partial charge < -0.3 is 9.47 Å². The van der Waals surface area contributed by atoms with Crippen LogP contribution in [0.25, 0.3) is 5.70 Å². The number of aromatic nitrogens is 2. The van der Waals surface area contributed by atoms with Crippen molar-refractivity contribution >= 4 is 11.7 Å². The lowest BCUT2D eigenvalue weighted by Crippen LogP contribution is -2.14. The summed E-state index contributed by atoms with van der Waals surface area (Å²) in [5.74, 6) is 0.305. The Morgan fingerprint density at radius 1 is 1.40 bits per heavy atom. The van der Waals surface area contributed by atoms with E-state index in [1.165, 1.54) is 6.92 Å². The third kappa shape index (κ3) is 3.06. The zero-order valence-corrected chi connectivity index (χ0v) is 11.4. The van der Waals surface area contributed by atoms with Crippen LogP contribution in [0.3, 0.4) is 0 Å². The van der Waals surface area contributed by atoms with E-state index in [-0.39, 0.29) is 5.97 Å². The maximum atomic E-state index is 11.3. The van der Waals surface area contributed by atoms with Crippen LogP contribution in [0.2, 0.25) is 0 Å². The highest BCUT2D eigenvalue weighted by Gasteiger charge is 2.20. The van der Waals surface area contributed by atoms with Gasteiger partial charge in [0, 0.05) is 24.9 Å². The number of carbonyl (C=O) groups is 1. The number of rotatable bonds is 5. The van der Waals surface area contributed by atoms with Gasteiger partial charge in [0.25, 0.3) is 0 Å². The highest BCUT2D eigenvalue weighted by Crippen LogP contribution is 2.29. The summed E-state index contributed by atoms with van der Waals surface area (Å²) in [6.45, 7) is 5.33. The highest BCUT2D eigenvalue weighted by molar-refractivity contribution is 5.68. The maximum absolute atomic E-state index is 11.3. The predicted octanol–water partition coefficient (Wildman–Crippen LogP) is 2.67. The Morgan fingerprint density at radius 3 is 2.80 bits per heavy atom. The molecule has 1 heterocycles. The van der Waals surface area contributed by atoms with E-state index in [1.807, 2.05) is 24.3 Å². The second-order valence-corrected chi connectivity index (χ2v) is 4.21. The standard InChI is InChI=1S/C15H16N2O3/c1-11(17-9-5-8-16-17)15(20-12(2)18)13-6-4-7-14(10-13)19-3/h4-10,15H,1H2,2-3H3. The lowest BCUT2D eigenvalue weighted by atomic mass is 10.1. The van der Waals surface area contributed by atoms with E-state index in [0.717, 1.165) is 5.56 Å². The van der Waals surface area contributed by atoms with E-state index < -0.39 is 6.10 Å². The third-order valence-electron chi connectivity index (χ3n) is 2.78. The monoisotopic (exact) mass is 272 g/mol. The molecule has 1 atom stereocenters. The fourth-order valence-electron chi connectivity index (χ4n) is 1.86. The Hall–Kier alpha value is -2.56. The van der Waals surface area contributed by atoms with E-state index in [4.69, 9.17) is 9.47 Å². The van der Waals surface area contributed by atoms with Crippen molar-refractivity contribution in [3.05, 3.63) is 54.9 Å². The first-order valence-electron chi connectivity index (χ1n) is 6.12. The van der Waals surface area contributed by atoms with E-state index in [2.05, 4.69) is 11.7 Å². The molecule has 0 amide bonds. The molecule has 0 radical (unpaired) electrons. The minimum Gasteiger partial charge on any atom is -0.497 e. The summed E-state index contributed by atoms with van der Waals surface area (Å²) in [4.78, 5) is 11.3. The maximum Gasteiger partial charge on any atom is 0.303 e. The average molecular weight is 272 g/mol. The second-order valence-electron chi connectivity index (χ2n) is 4.21. The quantitative estimate of drug-likeness (QED) is 0.785. The molecular formula is C15H16N2O3. The molecule has 20 heavy (non-hydrogen) atoms. The van der Waals surface area contributed by atoms with Crippen LogP contribution in [0.1, 0.15) is 18.6 Å². The largest absolute Gasteiger partial charge is 0.497 e. The van der Waals surface area contributed by atoms with Crippen molar-refractivity contribution in [1.82, 2.24) is 9.78 Å². The lowest BCUT2D eigenvalue weighted by Gasteiger charge is -2.20. The fraction of sp³-hybridized carbons (Fsp3) is 0.200. The number of carbonyl (C=O) groups excluding carboxylic acids is 1. The van der Waals surface area contributed by atoms with Crippen LogP contribution in [0.5, 0.6) is 5.75 Å². The zero-order chi connectivity index (χ0) is 14.5. The molecule has 104 valence electrons. The molecule has 2 rings (SSSR count). The molecule has 1 aromatic carbocycles. The third-order valence-corrected chi connectivity index (χ3v) is 2.78. The number of nitrogens with zero attached hydrogens (tertiary/aromatic N) is 2. The SMILES string of the molecule is C=C(C(OC(C)=O)c1cccc(OC)c1)n1cccn1. The fourth-order valence-corrected chi connectivity index (χ4v) is 1.86. The van der Waals surface area contributed by atoms with Gasteiger partial charge >= 0.3 is 5.97 Å². The topological polar surface area (TPSA) is 53.4 Å². The predicted molar refractivity (Wildman–Crippen MR) is 75.1 cm³/mol. The number of benzene rings is 1. The first-order valence-corrected chi connectivity index (χ1v) is 6.12. The summed E-state index contributed by atoms with van der Waals surface area (Å²) >= 11 is 0. The summed E-state index contributed by atoms with van der Waals surface area (Å²) in [6, 6.07) is 9.10. The number of ether oxygens (including phenoxy) is 2. The minimum atomic E-state index is -0.609. The summed E-state index contributed by atoms with van der Waals surface area (Å²) < 4.78 is 12.1. The molecule has 2 aromatic rings. The molecular weight excluding hydrogens is 256 g/mol. The van der Waals surface area contributed by atoms with Gasteiger partial charge in [0.2, 0.25) is 0 Å². The second kappa shape index (κ2) is 6.06. The molecule has 0 N–H and O–H groups in total. The van der Waals surface area contributed by atoms with Crippen LogP contribution >= 0.6 is 0 Å². The van der Waals surface area contributed by atoms with E-state index in [9.17, 15) is 4.79 Å². The van der Waals surface area contributed by atoms with Gasteiger partial charge in [-0.1, -0.05) is 18.7 Å². The molecule has 0 saturated heterocycles. The van der Waals surface area contributed by atoms with Crippen molar-refractivity contribution in [3.8, 4) is 5.75 Å². The van der Waals surface area contributed by atoms with Crippen molar-refractivity contribution in [2.24, 2.45) is 0 Å². The van der Waals surface area contributed by atoms with E-state index >= 15 is 0 Å². The van der Waals surface area contributed by atoms with E-state index in [1.54, 1.807) is 30.3 Å². The molecule has 0 aliphatic heterocycles. The van der Waals surface area contributed by atoms with Crippen LogP contribution in [-0.4, -0.2) is 22.9 Å². The van der Waals surface area contributed by atoms with Gasteiger partial charge in [0.15, 0.2) is 6.10 Å². The molecule has 0 saturated carbocycles. The number of esters is 1. The van der Waals surface area contributed by atoms with Crippen LogP contribution in [0, 0.1) is 0 Å². The number of methoxy groups -OCH3 is 1. The number of hydrogen-bond donors (Lipinski definition) is 0. The Bertz CT molecular complexity index is 605. The first-order chi connectivity index (χ1) is 9.61. The van der Waals surface area contributed by atoms with Crippen molar-refractivity contribution in [2.45, 2.75) is 13.0 Å². The van der Waals surface area contributed by atoms with Gasteiger partial charge in [-0.2, -0.15) is 5.10 Å². The molecule has 0 aliphatic carbocycles. The van der Waals surface area contributed by atoms with Gasteiger partial charge in [0.1, 0.15) is 5.75 Å². The van der Waals surface area contributed by atoms with Gasteiger partial charge in [-0.3, -0.25) is 4.79 Å². The summed E-state index contributed by atoms with van der Waals surface area (Å²) in [7, 11) is 1.59. The molecule has 1 unspecified atom stereocenters. The summed E-state index contributed by atoms with van der Waals surface area (Å²) in [5.41, 5.74) is 1.33. The molecule has 0 spiro atoms. The molecule has 1 aromatic heterocycles. The molecule has 0 aliphatic rings. The van der Waals surface area contributed by atoms with Crippen LogP contribution in [0.4, 0.5) is 0 Å². The van der Waals surface area contributed by atoms with Crippen molar-refractivity contribution in [3.63, 3.8) is 0 Å². The van der Waals surface area contributed by atoms with E-state index in [0.29, 0.717) is 11.4 Å². The Balaban J connectivity index is 2.36. The Labute approximate surface area is 117 Å². The highest BCUT2D eigenvalue weighted by atomic mass is 16.5. The average Bonchev–Trinajstić information content (AvgIpc) is 2.98. The van der Waals surface area contributed by atoms with Crippen LogP contribution in [0.15, 0.2) is 49.3 Å². The van der Waals surface area contributed by atoms with Gasteiger partial charge in [-0.25, -0.2) is 4.68 Å². The molecule has 0 fully saturated rings. The molecule has 5 heteroatoms. The Morgan fingerprint density at radius 2 is 2.20 bits per heavy atom. The lowest BCUT2D eigenvalue weighted by molar-refractivity contribution is -0.144. The summed E-state index contributed by atoms with van der Waals surface area (Å²) in [6.07, 6.45) is 2.78. The van der Waals surface area contributed by atoms with Crippen molar-refractivity contribution in [1.29, 1.82) is 0 Å². The Kier molecular flexibility index (Phi) is 4.20. The van der Waals surface area contributed by atoms with Gasteiger partial charge in [-0.05, 0) is 18.2 Å². The van der Waals surface area contributed by atoms with Gasteiger partial charge in [0.05, 0.1) is 12.8 Å². The zero-order valence-electron chi connectivity index (χ0n) is 11.4.